The smallest absolute Gasteiger partial charge is 0.336 e. The summed E-state index contributed by atoms with van der Waals surface area (Å²) in [6, 6.07) is 23.6. The summed E-state index contributed by atoms with van der Waals surface area (Å²) in [5.74, 6) is 0.489. The summed E-state index contributed by atoms with van der Waals surface area (Å²) in [5, 5.41) is 10.2. The Bertz CT molecular complexity index is 1140. The van der Waals surface area contributed by atoms with Crippen molar-refractivity contribution in [1.82, 2.24) is 0 Å². The minimum absolute atomic E-state index is 0.381. The lowest BCUT2D eigenvalue weighted by molar-refractivity contribution is -0.128. The van der Waals surface area contributed by atoms with E-state index in [2.05, 4.69) is 6.07 Å². The standard InChI is InChI=1S/C25H18ClNO3/c1-29-24-8-3-2-7-23(24)20(17-27)15-19-5-4-6-22(16-19)30-25(28)14-11-18-9-12-21(26)13-10-18/h2-16H,1H3/b14-11+,20-15-. The Hall–Kier alpha value is -3.81. The molecule has 0 spiro atoms. The second-order valence-electron chi connectivity index (χ2n) is 6.25. The van der Waals surface area contributed by atoms with Crippen LogP contribution in [0.1, 0.15) is 16.7 Å². The van der Waals surface area contributed by atoms with Crippen LogP contribution < -0.4 is 9.47 Å². The van der Waals surface area contributed by atoms with Gasteiger partial charge in [0.05, 0.1) is 18.8 Å². The molecule has 0 atom stereocenters. The molecule has 0 radical (unpaired) electrons. The second-order valence-corrected chi connectivity index (χ2v) is 6.69. The van der Waals surface area contributed by atoms with Crippen molar-refractivity contribution in [2.75, 3.05) is 7.11 Å². The molecule has 3 rings (SSSR count). The van der Waals surface area contributed by atoms with Crippen LogP contribution in [-0.2, 0) is 4.79 Å². The average molecular weight is 416 g/mol. The molecule has 3 aromatic rings. The Balaban J connectivity index is 1.77. The topological polar surface area (TPSA) is 59.3 Å². The maximum Gasteiger partial charge on any atom is 0.336 e. The SMILES string of the molecule is COc1ccccc1/C(C#N)=C\c1cccc(OC(=O)/C=C/c2ccc(Cl)cc2)c1. The van der Waals surface area contributed by atoms with Crippen LogP contribution in [0.25, 0.3) is 17.7 Å². The predicted octanol–water partition coefficient (Wildman–Crippen LogP) is 6.03. The fourth-order valence-electron chi connectivity index (χ4n) is 2.76. The molecule has 0 heterocycles. The number of hydrogen-bond donors (Lipinski definition) is 0. The molecule has 5 heteroatoms. The molecule has 0 saturated carbocycles. The third-order valence-electron chi connectivity index (χ3n) is 4.19. The molecule has 3 aromatic carbocycles. The van der Waals surface area contributed by atoms with Crippen molar-refractivity contribution in [3.63, 3.8) is 0 Å². The average Bonchev–Trinajstić information content (AvgIpc) is 2.77. The highest BCUT2D eigenvalue weighted by molar-refractivity contribution is 6.30. The van der Waals surface area contributed by atoms with Gasteiger partial charge in [0.25, 0.3) is 0 Å². The summed E-state index contributed by atoms with van der Waals surface area (Å²) in [4.78, 5) is 12.1. The molecular weight excluding hydrogens is 398 g/mol. The van der Waals surface area contributed by atoms with E-state index in [1.807, 2.05) is 24.3 Å². The number of ether oxygens (including phenoxy) is 2. The van der Waals surface area contributed by atoms with Crippen LogP contribution in [-0.4, -0.2) is 13.1 Å². The minimum Gasteiger partial charge on any atom is -0.496 e. The number of hydrogen-bond acceptors (Lipinski definition) is 4. The van der Waals surface area contributed by atoms with Gasteiger partial charge in [-0.25, -0.2) is 4.79 Å². The Labute approximate surface area is 180 Å². The lowest BCUT2D eigenvalue weighted by Gasteiger charge is -2.07. The van der Waals surface area contributed by atoms with Gasteiger partial charge in [-0.2, -0.15) is 5.26 Å². The first-order valence-electron chi connectivity index (χ1n) is 9.10. The van der Waals surface area contributed by atoms with Crippen LogP contribution in [0.4, 0.5) is 0 Å². The van der Waals surface area contributed by atoms with E-state index in [0.717, 1.165) is 11.1 Å². The summed E-state index contributed by atoms with van der Waals surface area (Å²) in [6.07, 6.45) is 4.72. The van der Waals surface area contributed by atoms with Gasteiger partial charge < -0.3 is 9.47 Å². The van der Waals surface area contributed by atoms with Crippen molar-refractivity contribution in [2.45, 2.75) is 0 Å². The maximum atomic E-state index is 12.1. The van der Waals surface area contributed by atoms with Gasteiger partial charge in [0, 0.05) is 16.7 Å². The van der Waals surface area contributed by atoms with Gasteiger partial charge in [-0.3, -0.25) is 0 Å². The molecule has 0 N–H and O–H groups in total. The number of carbonyl (C=O) groups is 1. The first-order valence-corrected chi connectivity index (χ1v) is 9.47. The predicted molar refractivity (Wildman–Crippen MR) is 119 cm³/mol. The van der Waals surface area contributed by atoms with Crippen LogP contribution in [0.5, 0.6) is 11.5 Å². The van der Waals surface area contributed by atoms with E-state index in [1.54, 1.807) is 67.8 Å². The Morgan fingerprint density at radius 2 is 1.77 bits per heavy atom. The first kappa shape index (κ1) is 20.9. The number of rotatable bonds is 6. The molecule has 0 aromatic heterocycles. The number of para-hydroxylation sites is 1. The second kappa shape index (κ2) is 10.1. The largest absolute Gasteiger partial charge is 0.496 e. The molecule has 0 aliphatic rings. The fourth-order valence-corrected chi connectivity index (χ4v) is 2.89. The third kappa shape index (κ3) is 5.60. The number of halogens is 1. The van der Waals surface area contributed by atoms with Crippen molar-refractivity contribution in [1.29, 1.82) is 5.26 Å². The van der Waals surface area contributed by atoms with E-state index >= 15 is 0 Å². The van der Waals surface area contributed by atoms with Crippen LogP contribution >= 0.6 is 11.6 Å². The van der Waals surface area contributed by atoms with Gasteiger partial charge in [0.2, 0.25) is 0 Å². The Morgan fingerprint density at radius 1 is 1.00 bits per heavy atom. The zero-order valence-corrected chi connectivity index (χ0v) is 17.0. The van der Waals surface area contributed by atoms with E-state index < -0.39 is 5.97 Å². The van der Waals surface area contributed by atoms with Gasteiger partial charge in [0.1, 0.15) is 11.5 Å². The number of benzene rings is 3. The molecule has 0 amide bonds. The number of esters is 1. The first-order chi connectivity index (χ1) is 14.6. The van der Waals surface area contributed by atoms with Crippen molar-refractivity contribution in [3.8, 4) is 17.6 Å². The van der Waals surface area contributed by atoms with Crippen molar-refractivity contribution >= 4 is 35.3 Å². The summed E-state index contributed by atoms with van der Waals surface area (Å²) in [5.41, 5.74) is 2.70. The summed E-state index contributed by atoms with van der Waals surface area (Å²) in [6.45, 7) is 0. The number of nitriles is 1. The van der Waals surface area contributed by atoms with E-state index in [0.29, 0.717) is 27.7 Å². The number of allylic oxidation sites excluding steroid dienone is 1. The molecule has 0 saturated heterocycles. The Kier molecular flexibility index (Phi) is 7.05. The van der Waals surface area contributed by atoms with Crippen LogP contribution in [0, 0.1) is 11.3 Å². The molecule has 0 aliphatic heterocycles. The molecule has 0 bridgehead atoms. The number of carbonyl (C=O) groups excluding carboxylic acids is 1. The van der Waals surface area contributed by atoms with E-state index in [9.17, 15) is 10.1 Å². The molecule has 0 unspecified atom stereocenters. The van der Waals surface area contributed by atoms with Crippen LogP contribution in [0.3, 0.4) is 0 Å². The molecule has 148 valence electrons. The fraction of sp³-hybridized carbons (Fsp3) is 0.0400. The summed E-state index contributed by atoms with van der Waals surface area (Å²) >= 11 is 5.85. The van der Waals surface area contributed by atoms with Gasteiger partial charge in [-0.05, 0) is 59.7 Å². The number of methoxy groups -OCH3 is 1. The van der Waals surface area contributed by atoms with Gasteiger partial charge in [0.15, 0.2) is 0 Å². The van der Waals surface area contributed by atoms with E-state index in [1.165, 1.54) is 6.08 Å². The van der Waals surface area contributed by atoms with Crippen LogP contribution in [0.15, 0.2) is 78.9 Å². The maximum absolute atomic E-state index is 12.1. The van der Waals surface area contributed by atoms with E-state index in [-0.39, 0.29) is 0 Å². The summed E-state index contributed by atoms with van der Waals surface area (Å²) in [7, 11) is 1.56. The quantitative estimate of drug-likeness (QED) is 0.162. The number of nitrogens with zero attached hydrogens (tertiary/aromatic N) is 1. The normalized spacial score (nSPS) is 11.2. The molecule has 30 heavy (non-hydrogen) atoms. The van der Waals surface area contributed by atoms with Crippen molar-refractivity contribution < 1.29 is 14.3 Å². The van der Waals surface area contributed by atoms with Gasteiger partial charge >= 0.3 is 5.97 Å². The van der Waals surface area contributed by atoms with E-state index in [4.69, 9.17) is 21.1 Å². The monoisotopic (exact) mass is 415 g/mol. The molecule has 0 aliphatic carbocycles. The highest BCUT2D eigenvalue weighted by Crippen LogP contribution is 2.27. The third-order valence-corrected chi connectivity index (χ3v) is 4.44. The molecule has 0 fully saturated rings. The van der Waals surface area contributed by atoms with Gasteiger partial charge in [-0.1, -0.05) is 48.0 Å². The zero-order chi connectivity index (χ0) is 21.3. The van der Waals surface area contributed by atoms with Gasteiger partial charge in [-0.15, -0.1) is 0 Å². The zero-order valence-electron chi connectivity index (χ0n) is 16.2. The molecule has 4 nitrogen and oxygen atoms in total. The Morgan fingerprint density at radius 3 is 2.50 bits per heavy atom. The molecular formula is C25H18ClNO3. The minimum atomic E-state index is -0.503. The lowest BCUT2D eigenvalue weighted by atomic mass is 10.0. The van der Waals surface area contributed by atoms with Crippen molar-refractivity contribution in [3.05, 3.63) is 101 Å². The highest BCUT2D eigenvalue weighted by atomic mass is 35.5. The van der Waals surface area contributed by atoms with Crippen molar-refractivity contribution in [2.24, 2.45) is 0 Å². The highest BCUT2D eigenvalue weighted by Gasteiger charge is 2.08. The van der Waals surface area contributed by atoms with Crippen LogP contribution in [0.2, 0.25) is 5.02 Å². The lowest BCUT2D eigenvalue weighted by Crippen LogP contribution is -2.03. The summed E-state index contributed by atoms with van der Waals surface area (Å²) < 4.78 is 10.7.